The topological polar surface area (TPSA) is 80.9 Å². The molecule has 3 rings (SSSR count). The number of anilines is 1. The predicted molar refractivity (Wildman–Crippen MR) is 91.6 cm³/mol. The maximum atomic E-state index is 13.9. The monoisotopic (exact) mass is 398 g/mol. The van der Waals surface area contributed by atoms with Crippen molar-refractivity contribution in [1.82, 2.24) is 10.2 Å². The lowest BCUT2D eigenvalue weighted by molar-refractivity contribution is -0.117. The van der Waals surface area contributed by atoms with Crippen molar-refractivity contribution in [2.45, 2.75) is 31.7 Å². The van der Waals surface area contributed by atoms with Gasteiger partial charge in [0.05, 0.1) is 0 Å². The van der Waals surface area contributed by atoms with Crippen molar-refractivity contribution in [2.75, 3.05) is 5.32 Å². The van der Waals surface area contributed by atoms with Crippen LogP contribution in [0, 0.1) is 11.7 Å². The van der Waals surface area contributed by atoms with Gasteiger partial charge in [0, 0.05) is 22.5 Å². The molecule has 1 aromatic carbocycles. The molecule has 1 aliphatic rings. The minimum Gasteiger partial charge on any atom is -0.327 e. The SMILES string of the molecule is N[C@@H]1CCC[C@H]1CC(=O)Nc1nnc(-c2cc(Br)ccc2F)s1. The third-order valence-corrected chi connectivity index (χ3v) is 5.36. The van der Waals surface area contributed by atoms with Crippen LogP contribution in [-0.2, 0) is 4.79 Å². The van der Waals surface area contributed by atoms with E-state index in [1.807, 2.05) is 0 Å². The smallest absolute Gasteiger partial charge is 0.226 e. The Morgan fingerprint density at radius 1 is 1.43 bits per heavy atom. The molecule has 8 heteroatoms. The van der Waals surface area contributed by atoms with Gasteiger partial charge < -0.3 is 11.1 Å². The van der Waals surface area contributed by atoms with Crippen LogP contribution >= 0.6 is 27.3 Å². The van der Waals surface area contributed by atoms with E-state index >= 15 is 0 Å². The van der Waals surface area contributed by atoms with Gasteiger partial charge in [-0.15, -0.1) is 10.2 Å². The number of hydrogen-bond acceptors (Lipinski definition) is 5. The van der Waals surface area contributed by atoms with Crippen molar-refractivity contribution in [3.8, 4) is 10.6 Å². The summed E-state index contributed by atoms with van der Waals surface area (Å²) >= 11 is 4.45. The molecule has 1 aromatic heterocycles. The van der Waals surface area contributed by atoms with Gasteiger partial charge in [0.25, 0.3) is 0 Å². The maximum Gasteiger partial charge on any atom is 0.226 e. The number of carbonyl (C=O) groups is 1. The molecule has 1 amide bonds. The fourth-order valence-corrected chi connectivity index (χ4v) is 3.91. The molecule has 1 fully saturated rings. The van der Waals surface area contributed by atoms with Gasteiger partial charge in [-0.05, 0) is 37.0 Å². The highest BCUT2D eigenvalue weighted by Gasteiger charge is 2.26. The highest BCUT2D eigenvalue weighted by molar-refractivity contribution is 9.10. The number of amides is 1. The summed E-state index contributed by atoms with van der Waals surface area (Å²) in [6.07, 6.45) is 3.42. The average Bonchev–Trinajstić information content (AvgIpc) is 3.12. The summed E-state index contributed by atoms with van der Waals surface area (Å²) in [6.45, 7) is 0. The fourth-order valence-electron chi connectivity index (χ4n) is 2.77. The zero-order valence-electron chi connectivity index (χ0n) is 12.3. The van der Waals surface area contributed by atoms with Crippen LogP contribution in [0.3, 0.4) is 0 Å². The van der Waals surface area contributed by atoms with Crippen LogP contribution < -0.4 is 11.1 Å². The first kappa shape index (κ1) is 16.5. The first-order valence-electron chi connectivity index (χ1n) is 7.37. The van der Waals surface area contributed by atoms with E-state index < -0.39 is 0 Å². The van der Waals surface area contributed by atoms with E-state index in [-0.39, 0.29) is 23.7 Å². The standard InChI is InChI=1S/C15H16BrFN4OS/c16-9-4-5-11(17)10(7-9)14-20-21-15(23-14)19-13(22)6-8-2-1-3-12(8)18/h4-5,7-8,12H,1-3,6,18H2,(H,19,21,22)/t8-,12+/m0/s1. The van der Waals surface area contributed by atoms with Gasteiger partial charge in [-0.2, -0.15) is 0 Å². The maximum absolute atomic E-state index is 13.9. The Bertz CT molecular complexity index is 723. The molecule has 23 heavy (non-hydrogen) atoms. The van der Waals surface area contributed by atoms with Crippen molar-refractivity contribution >= 4 is 38.3 Å². The zero-order valence-corrected chi connectivity index (χ0v) is 14.7. The van der Waals surface area contributed by atoms with Crippen LogP contribution in [0.5, 0.6) is 0 Å². The van der Waals surface area contributed by atoms with Crippen molar-refractivity contribution in [2.24, 2.45) is 11.7 Å². The third-order valence-electron chi connectivity index (χ3n) is 4.00. The van der Waals surface area contributed by atoms with Gasteiger partial charge in [-0.1, -0.05) is 33.7 Å². The summed E-state index contributed by atoms with van der Waals surface area (Å²) in [5.41, 5.74) is 6.34. The molecule has 1 heterocycles. The van der Waals surface area contributed by atoms with Gasteiger partial charge in [0.15, 0.2) is 5.01 Å². The molecule has 1 aliphatic carbocycles. The predicted octanol–water partition coefficient (Wildman–Crippen LogP) is 3.56. The van der Waals surface area contributed by atoms with Crippen LogP contribution in [0.4, 0.5) is 9.52 Å². The quantitative estimate of drug-likeness (QED) is 0.824. The average molecular weight is 399 g/mol. The fraction of sp³-hybridized carbons (Fsp3) is 0.400. The Morgan fingerprint density at radius 3 is 3.00 bits per heavy atom. The van der Waals surface area contributed by atoms with Crippen LogP contribution in [0.2, 0.25) is 0 Å². The van der Waals surface area contributed by atoms with Gasteiger partial charge in [0.2, 0.25) is 11.0 Å². The molecule has 5 nitrogen and oxygen atoms in total. The molecule has 0 bridgehead atoms. The molecule has 0 unspecified atom stereocenters. The summed E-state index contributed by atoms with van der Waals surface area (Å²) in [7, 11) is 0. The van der Waals surface area contributed by atoms with Gasteiger partial charge in [-0.25, -0.2) is 4.39 Å². The number of aromatic nitrogens is 2. The number of benzene rings is 1. The molecule has 1 saturated carbocycles. The molecule has 0 radical (unpaired) electrons. The summed E-state index contributed by atoms with van der Waals surface area (Å²) in [4.78, 5) is 12.1. The summed E-state index contributed by atoms with van der Waals surface area (Å²) in [5, 5.41) is 11.4. The highest BCUT2D eigenvalue weighted by atomic mass is 79.9. The second-order valence-electron chi connectivity index (χ2n) is 5.64. The summed E-state index contributed by atoms with van der Waals surface area (Å²) in [6, 6.07) is 4.72. The molecule has 0 aliphatic heterocycles. The van der Waals surface area contributed by atoms with E-state index in [1.165, 1.54) is 6.07 Å². The van der Waals surface area contributed by atoms with Crippen molar-refractivity contribution < 1.29 is 9.18 Å². The Morgan fingerprint density at radius 2 is 2.26 bits per heavy atom. The molecular weight excluding hydrogens is 383 g/mol. The third kappa shape index (κ3) is 3.94. The van der Waals surface area contributed by atoms with Crippen LogP contribution in [-0.4, -0.2) is 22.1 Å². The molecule has 3 N–H and O–H groups in total. The first-order valence-corrected chi connectivity index (χ1v) is 8.98. The second kappa shape index (κ2) is 7.02. The Labute approximate surface area is 145 Å². The summed E-state index contributed by atoms with van der Waals surface area (Å²) in [5.74, 6) is -0.270. The second-order valence-corrected chi connectivity index (χ2v) is 7.54. The molecule has 0 saturated heterocycles. The van der Waals surface area contributed by atoms with Crippen molar-refractivity contribution in [3.63, 3.8) is 0 Å². The number of hydrogen-bond donors (Lipinski definition) is 2. The van der Waals surface area contributed by atoms with Gasteiger partial charge in [-0.3, -0.25) is 4.79 Å². The number of rotatable bonds is 4. The van der Waals surface area contributed by atoms with E-state index in [9.17, 15) is 9.18 Å². The lowest BCUT2D eigenvalue weighted by Crippen LogP contribution is -2.28. The van der Waals surface area contributed by atoms with Crippen molar-refractivity contribution in [3.05, 3.63) is 28.5 Å². The normalized spacial score (nSPS) is 20.7. The Balaban J connectivity index is 1.67. The van der Waals surface area contributed by atoms with E-state index in [0.29, 0.717) is 22.1 Å². The zero-order chi connectivity index (χ0) is 16.4. The number of nitrogens with zero attached hydrogens (tertiary/aromatic N) is 2. The minimum absolute atomic E-state index is 0.0986. The first-order chi connectivity index (χ1) is 11.0. The number of halogens is 2. The lowest BCUT2D eigenvalue weighted by atomic mass is 10.00. The van der Waals surface area contributed by atoms with Crippen molar-refractivity contribution in [1.29, 1.82) is 0 Å². The van der Waals surface area contributed by atoms with Gasteiger partial charge in [0.1, 0.15) is 5.82 Å². The molecule has 0 spiro atoms. The Hall–Kier alpha value is -1.38. The van der Waals surface area contributed by atoms with Crippen LogP contribution in [0.25, 0.3) is 10.6 Å². The Kier molecular flexibility index (Phi) is 5.03. The largest absolute Gasteiger partial charge is 0.327 e. The van der Waals surface area contributed by atoms with E-state index in [2.05, 4.69) is 31.4 Å². The minimum atomic E-state index is -0.376. The van der Waals surface area contributed by atoms with Crippen LogP contribution in [0.15, 0.2) is 22.7 Å². The van der Waals surface area contributed by atoms with E-state index in [1.54, 1.807) is 12.1 Å². The molecular formula is C15H16BrFN4OS. The lowest BCUT2D eigenvalue weighted by Gasteiger charge is -2.13. The molecule has 2 atom stereocenters. The van der Waals surface area contributed by atoms with Crippen LogP contribution in [0.1, 0.15) is 25.7 Å². The number of nitrogens with two attached hydrogens (primary N) is 1. The van der Waals surface area contributed by atoms with Gasteiger partial charge >= 0.3 is 0 Å². The highest BCUT2D eigenvalue weighted by Crippen LogP contribution is 2.31. The van der Waals surface area contributed by atoms with E-state index in [4.69, 9.17) is 5.73 Å². The number of carbonyl (C=O) groups excluding carboxylic acids is 1. The van der Waals surface area contributed by atoms with E-state index in [0.717, 1.165) is 35.1 Å². The number of nitrogens with one attached hydrogen (secondary N) is 1. The summed E-state index contributed by atoms with van der Waals surface area (Å²) < 4.78 is 14.6. The molecule has 122 valence electrons. The molecule has 2 aromatic rings.